The molecule has 2 heterocycles. The highest BCUT2D eigenvalue weighted by Gasteiger charge is 2.51. The van der Waals surface area contributed by atoms with E-state index in [1.165, 1.54) is 19.2 Å². The monoisotopic (exact) mass is 483 g/mol. The molecular weight excluding hydrogens is 458 g/mol. The van der Waals surface area contributed by atoms with Crippen LogP contribution in [0.4, 0.5) is 17.6 Å². The number of carbonyl (C=O) groups is 1. The maximum absolute atomic E-state index is 13.4. The zero-order valence-corrected chi connectivity index (χ0v) is 18.6. The lowest BCUT2D eigenvalue weighted by Crippen LogP contribution is -2.53. The fraction of sp³-hybridized carbons (Fsp3) is 0.458. The van der Waals surface area contributed by atoms with Crippen molar-refractivity contribution in [3.63, 3.8) is 0 Å². The molecule has 0 bridgehead atoms. The van der Waals surface area contributed by atoms with E-state index in [1.807, 2.05) is 0 Å². The predicted molar refractivity (Wildman–Crippen MR) is 113 cm³/mol. The third-order valence-corrected chi connectivity index (χ3v) is 6.19. The van der Waals surface area contributed by atoms with Crippen molar-refractivity contribution in [1.29, 1.82) is 0 Å². The minimum Gasteiger partial charge on any atom is -0.496 e. The van der Waals surface area contributed by atoms with Crippen LogP contribution in [0.5, 0.6) is 5.75 Å². The van der Waals surface area contributed by atoms with Crippen molar-refractivity contribution in [3.05, 3.63) is 65.0 Å². The second-order valence-corrected chi connectivity index (χ2v) is 8.26. The molecule has 0 unspecified atom stereocenters. The zero-order valence-electron chi connectivity index (χ0n) is 18.6. The number of hydrogen-bond acceptors (Lipinski definition) is 5. The van der Waals surface area contributed by atoms with Crippen LogP contribution in [0.15, 0.2) is 42.5 Å². The summed E-state index contributed by atoms with van der Waals surface area (Å²) in [6.45, 7) is 0.258. The van der Waals surface area contributed by atoms with Crippen LogP contribution in [-0.4, -0.2) is 56.7 Å². The fourth-order valence-electron chi connectivity index (χ4n) is 4.35. The second-order valence-electron chi connectivity index (χ2n) is 8.26. The van der Waals surface area contributed by atoms with E-state index in [2.05, 4.69) is 0 Å². The van der Waals surface area contributed by atoms with E-state index < -0.39 is 30.9 Å². The summed E-state index contributed by atoms with van der Waals surface area (Å²) in [5.74, 6) is -0.214. The third-order valence-electron chi connectivity index (χ3n) is 6.19. The summed E-state index contributed by atoms with van der Waals surface area (Å²) in [7, 11) is 1.42. The van der Waals surface area contributed by atoms with Gasteiger partial charge in [0.2, 0.25) is 0 Å². The number of ether oxygens (including phenoxy) is 4. The Kier molecular flexibility index (Phi) is 7.11. The molecule has 0 saturated carbocycles. The number of piperidine rings is 1. The lowest BCUT2D eigenvalue weighted by Gasteiger charge is -2.42. The van der Waals surface area contributed by atoms with E-state index in [1.54, 1.807) is 35.2 Å². The molecule has 2 aromatic carbocycles. The summed E-state index contributed by atoms with van der Waals surface area (Å²) < 4.78 is 72.4. The summed E-state index contributed by atoms with van der Waals surface area (Å²) in [5, 5.41) is 0. The van der Waals surface area contributed by atoms with Gasteiger partial charge >= 0.3 is 6.18 Å². The number of hydrogen-bond donors (Lipinski definition) is 0. The number of rotatable bonds is 7. The molecule has 0 radical (unpaired) electrons. The molecule has 2 aliphatic heterocycles. The third kappa shape index (κ3) is 5.18. The van der Waals surface area contributed by atoms with Crippen molar-refractivity contribution in [2.24, 2.45) is 0 Å². The SMILES string of the molecule is COc1cc(C(=O)N2CC[C@@]3(c4ccc(F)cc4)OCO[C@H]3C2)ccc1COCCC(F)(F)F. The molecule has 2 aromatic rings. The van der Waals surface area contributed by atoms with Gasteiger partial charge in [0, 0.05) is 24.1 Å². The van der Waals surface area contributed by atoms with Gasteiger partial charge in [0.25, 0.3) is 5.91 Å². The first-order valence-electron chi connectivity index (χ1n) is 10.8. The standard InChI is InChI=1S/C24H25F4NO5/c1-31-20-12-16(2-3-17(20)14-32-11-9-24(26,27)28)22(30)29-10-8-23(21(13-29)33-15-34-23)18-4-6-19(25)7-5-18/h2-7,12,21H,8-11,13-15H2,1H3/t21-,23-/m0/s1. The number of fused-ring (bicyclic) bond motifs is 1. The van der Waals surface area contributed by atoms with Gasteiger partial charge in [0.1, 0.15) is 30.1 Å². The van der Waals surface area contributed by atoms with Gasteiger partial charge in [0.15, 0.2) is 0 Å². The first kappa shape index (κ1) is 24.4. The Morgan fingerprint density at radius 1 is 1.21 bits per heavy atom. The minimum atomic E-state index is -4.28. The Morgan fingerprint density at radius 2 is 1.97 bits per heavy atom. The number of amides is 1. The zero-order chi connectivity index (χ0) is 24.3. The van der Waals surface area contributed by atoms with Crippen molar-refractivity contribution in [2.75, 3.05) is 33.6 Å². The van der Waals surface area contributed by atoms with Crippen molar-refractivity contribution in [1.82, 2.24) is 4.90 Å². The van der Waals surface area contributed by atoms with Crippen molar-refractivity contribution >= 4 is 5.91 Å². The van der Waals surface area contributed by atoms with Gasteiger partial charge in [-0.15, -0.1) is 0 Å². The molecule has 2 aliphatic rings. The molecule has 0 aromatic heterocycles. The van der Waals surface area contributed by atoms with E-state index in [4.69, 9.17) is 18.9 Å². The molecule has 2 fully saturated rings. The smallest absolute Gasteiger partial charge is 0.391 e. The summed E-state index contributed by atoms with van der Waals surface area (Å²) in [5.41, 5.74) is 0.992. The maximum Gasteiger partial charge on any atom is 0.391 e. The molecule has 1 amide bonds. The van der Waals surface area contributed by atoms with Gasteiger partial charge < -0.3 is 23.8 Å². The Hall–Kier alpha value is -2.69. The lowest BCUT2D eigenvalue weighted by atomic mass is 9.82. The Labute approximate surface area is 194 Å². The van der Waals surface area contributed by atoms with Crippen LogP contribution >= 0.6 is 0 Å². The van der Waals surface area contributed by atoms with E-state index in [9.17, 15) is 22.4 Å². The van der Waals surface area contributed by atoms with E-state index >= 15 is 0 Å². The van der Waals surface area contributed by atoms with Gasteiger partial charge in [-0.05, 0) is 29.8 Å². The number of benzene rings is 2. The van der Waals surface area contributed by atoms with Gasteiger partial charge in [-0.2, -0.15) is 13.2 Å². The second kappa shape index (κ2) is 9.89. The van der Waals surface area contributed by atoms with Crippen LogP contribution < -0.4 is 4.74 Å². The Balaban J connectivity index is 1.43. The molecule has 2 saturated heterocycles. The predicted octanol–water partition coefficient (Wildman–Crippen LogP) is 4.42. The minimum absolute atomic E-state index is 0.0646. The molecule has 0 N–H and O–H groups in total. The van der Waals surface area contributed by atoms with Crippen molar-refractivity contribution in [3.8, 4) is 5.75 Å². The summed E-state index contributed by atoms with van der Waals surface area (Å²) in [6.07, 6.45) is -5.24. The topological polar surface area (TPSA) is 57.2 Å². The normalized spacial score (nSPS) is 22.5. The van der Waals surface area contributed by atoms with E-state index in [-0.39, 0.29) is 25.1 Å². The Bertz CT molecular complexity index is 1010. The summed E-state index contributed by atoms with van der Waals surface area (Å²) >= 11 is 0. The molecule has 0 aliphatic carbocycles. The average Bonchev–Trinajstić information content (AvgIpc) is 3.25. The summed E-state index contributed by atoms with van der Waals surface area (Å²) in [6, 6.07) is 10.9. The van der Waals surface area contributed by atoms with E-state index in [0.717, 1.165) is 5.56 Å². The average molecular weight is 483 g/mol. The fourth-order valence-corrected chi connectivity index (χ4v) is 4.35. The highest BCUT2D eigenvalue weighted by Crippen LogP contribution is 2.42. The van der Waals surface area contributed by atoms with Crippen LogP contribution in [0.25, 0.3) is 0 Å². The number of carbonyl (C=O) groups excluding carboxylic acids is 1. The molecular formula is C24H25F4NO5. The van der Waals surface area contributed by atoms with Gasteiger partial charge in [-0.25, -0.2) is 4.39 Å². The highest BCUT2D eigenvalue weighted by molar-refractivity contribution is 5.95. The van der Waals surface area contributed by atoms with Gasteiger partial charge in [-0.3, -0.25) is 4.79 Å². The van der Waals surface area contributed by atoms with Crippen LogP contribution in [0.1, 0.15) is 34.3 Å². The molecule has 10 heteroatoms. The number of likely N-dealkylation sites (tertiary alicyclic amines) is 1. The first-order chi connectivity index (χ1) is 16.2. The molecule has 4 rings (SSSR count). The lowest BCUT2D eigenvalue weighted by molar-refractivity contribution is -0.146. The van der Waals surface area contributed by atoms with Crippen LogP contribution in [-0.2, 0) is 26.4 Å². The number of methoxy groups -OCH3 is 1. The quantitative estimate of drug-likeness (QED) is 0.431. The van der Waals surface area contributed by atoms with E-state index in [0.29, 0.717) is 36.4 Å². The largest absolute Gasteiger partial charge is 0.496 e. The number of nitrogens with zero attached hydrogens (tertiary/aromatic N) is 1. The van der Waals surface area contributed by atoms with Crippen LogP contribution in [0.2, 0.25) is 0 Å². The highest BCUT2D eigenvalue weighted by atomic mass is 19.4. The first-order valence-corrected chi connectivity index (χ1v) is 10.8. The van der Waals surface area contributed by atoms with Crippen molar-refractivity contribution in [2.45, 2.75) is 37.3 Å². The Morgan fingerprint density at radius 3 is 2.68 bits per heavy atom. The molecule has 2 atom stereocenters. The number of halogens is 4. The van der Waals surface area contributed by atoms with Gasteiger partial charge in [0.05, 0.1) is 33.3 Å². The van der Waals surface area contributed by atoms with Gasteiger partial charge in [-0.1, -0.05) is 18.2 Å². The van der Waals surface area contributed by atoms with Crippen LogP contribution in [0.3, 0.4) is 0 Å². The van der Waals surface area contributed by atoms with Crippen LogP contribution in [0, 0.1) is 5.82 Å². The molecule has 0 spiro atoms. The number of alkyl halides is 3. The summed E-state index contributed by atoms with van der Waals surface area (Å²) in [4.78, 5) is 14.9. The maximum atomic E-state index is 13.4. The van der Waals surface area contributed by atoms with Crippen molar-refractivity contribution < 1.29 is 41.3 Å². The molecule has 184 valence electrons. The molecule has 34 heavy (non-hydrogen) atoms. The molecule has 6 nitrogen and oxygen atoms in total.